The summed E-state index contributed by atoms with van der Waals surface area (Å²) in [7, 11) is 0. The van der Waals surface area contributed by atoms with Crippen molar-refractivity contribution >= 4 is 23.0 Å². The fourth-order valence-corrected chi connectivity index (χ4v) is 1.80. The Morgan fingerprint density at radius 3 is 2.71 bits per heavy atom. The average Bonchev–Trinajstić information content (AvgIpc) is 2.06. The van der Waals surface area contributed by atoms with Crippen LogP contribution in [0.5, 0.6) is 0 Å². The van der Waals surface area contributed by atoms with Crippen molar-refractivity contribution in [3.8, 4) is 0 Å². The normalized spacial score (nSPS) is 16.4. The minimum absolute atomic E-state index is 0.633. The van der Waals surface area contributed by atoms with E-state index in [4.69, 9.17) is 17.3 Å². The molecule has 3 N–H and O–H groups in total. The molecule has 1 fully saturated rings. The first kappa shape index (κ1) is 9.66. The highest BCUT2D eigenvalue weighted by atomic mass is 35.5. The van der Waals surface area contributed by atoms with Crippen LogP contribution in [0.4, 0.5) is 11.4 Å². The molecule has 0 aliphatic heterocycles. The number of aryl methyl sites for hydroxylation is 1. The van der Waals surface area contributed by atoms with Gasteiger partial charge >= 0.3 is 0 Å². The standard InChI is InChI=1S/C11H15ClN2/c1-7-5-10(13)9(12)6-11(7)14-8-3-2-4-8/h5-6,8,14H,2-4,13H2,1H3. The van der Waals surface area contributed by atoms with Crippen molar-refractivity contribution in [3.05, 3.63) is 22.7 Å². The van der Waals surface area contributed by atoms with Gasteiger partial charge in [0.05, 0.1) is 10.7 Å². The van der Waals surface area contributed by atoms with Crippen LogP contribution in [0, 0.1) is 6.92 Å². The largest absolute Gasteiger partial charge is 0.398 e. The maximum atomic E-state index is 5.97. The molecule has 1 aromatic carbocycles. The molecule has 0 unspecified atom stereocenters. The van der Waals surface area contributed by atoms with Crippen LogP contribution in [0.25, 0.3) is 0 Å². The molecule has 2 nitrogen and oxygen atoms in total. The summed E-state index contributed by atoms with van der Waals surface area (Å²) < 4.78 is 0. The van der Waals surface area contributed by atoms with Gasteiger partial charge in [-0.15, -0.1) is 0 Å². The van der Waals surface area contributed by atoms with E-state index in [1.807, 2.05) is 19.1 Å². The van der Waals surface area contributed by atoms with Gasteiger partial charge < -0.3 is 11.1 Å². The monoisotopic (exact) mass is 210 g/mol. The Balaban J connectivity index is 2.19. The highest BCUT2D eigenvalue weighted by Gasteiger charge is 2.17. The number of rotatable bonds is 2. The molecule has 2 rings (SSSR count). The summed E-state index contributed by atoms with van der Waals surface area (Å²) in [4.78, 5) is 0. The molecule has 3 heteroatoms. The van der Waals surface area contributed by atoms with Gasteiger partial charge in [-0.25, -0.2) is 0 Å². The Hall–Kier alpha value is -0.890. The lowest BCUT2D eigenvalue weighted by Crippen LogP contribution is -2.27. The topological polar surface area (TPSA) is 38.0 Å². The number of nitrogen functional groups attached to an aromatic ring is 1. The van der Waals surface area contributed by atoms with Crippen molar-refractivity contribution in [2.24, 2.45) is 0 Å². The molecule has 76 valence electrons. The van der Waals surface area contributed by atoms with Gasteiger partial charge in [0.25, 0.3) is 0 Å². The maximum absolute atomic E-state index is 5.97. The van der Waals surface area contributed by atoms with E-state index in [1.54, 1.807) is 0 Å². The molecule has 0 bridgehead atoms. The van der Waals surface area contributed by atoms with Crippen LogP contribution in [-0.2, 0) is 0 Å². The van der Waals surface area contributed by atoms with Gasteiger partial charge in [0, 0.05) is 11.7 Å². The van der Waals surface area contributed by atoms with E-state index in [0.29, 0.717) is 16.8 Å². The Morgan fingerprint density at radius 1 is 1.43 bits per heavy atom. The summed E-state index contributed by atoms with van der Waals surface area (Å²) in [6.45, 7) is 2.05. The maximum Gasteiger partial charge on any atom is 0.0656 e. The Kier molecular flexibility index (Phi) is 2.55. The van der Waals surface area contributed by atoms with E-state index in [2.05, 4.69) is 5.32 Å². The van der Waals surface area contributed by atoms with Crippen molar-refractivity contribution < 1.29 is 0 Å². The summed E-state index contributed by atoms with van der Waals surface area (Å²) in [5.41, 5.74) is 8.65. The summed E-state index contributed by atoms with van der Waals surface area (Å²) in [5, 5.41) is 4.11. The molecule has 0 aromatic heterocycles. The Morgan fingerprint density at radius 2 is 2.14 bits per heavy atom. The van der Waals surface area contributed by atoms with Gasteiger partial charge in [-0.2, -0.15) is 0 Å². The third-order valence-corrected chi connectivity index (χ3v) is 3.14. The molecule has 0 amide bonds. The van der Waals surface area contributed by atoms with E-state index in [9.17, 15) is 0 Å². The van der Waals surface area contributed by atoms with E-state index < -0.39 is 0 Å². The second-order valence-corrected chi connectivity index (χ2v) is 4.37. The summed E-state index contributed by atoms with van der Waals surface area (Å²) in [6.07, 6.45) is 3.86. The van der Waals surface area contributed by atoms with Crippen LogP contribution in [0.15, 0.2) is 12.1 Å². The molecular weight excluding hydrogens is 196 g/mol. The first-order chi connectivity index (χ1) is 6.66. The minimum Gasteiger partial charge on any atom is -0.398 e. The van der Waals surface area contributed by atoms with Crippen molar-refractivity contribution in [2.75, 3.05) is 11.1 Å². The molecule has 1 aliphatic carbocycles. The van der Waals surface area contributed by atoms with Gasteiger partial charge in [-0.05, 0) is 43.9 Å². The number of nitrogens with one attached hydrogen (secondary N) is 1. The first-order valence-electron chi connectivity index (χ1n) is 4.99. The molecule has 1 aliphatic rings. The SMILES string of the molecule is Cc1cc(N)c(Cl)cc1NC1CCC1. The number of hydrogen-bond donors (Lipinski definition) is 2. The lowest BCUT2D eigenvalue weighted by atomic mass is 9.92. The summed E-state index contributed by atoms with van der Waals surface area (Å²) in [6, 6.07) is 4.47. The molecule has 14 heavy (non-hydrogen) atoms. The van der Waals surface area contributed by atoms with Crippen LogP contribution in [0.1, 0.15) is 24.8 Å². The van der Waals surface area contributed by atoms with Gasteiger partial charge in [0.2, 0.25) is 0 Å². The number of hydrogen-bond acceptors (Lipinski definition) is 2. The molecule has 0 heterocycles. The minimum atomic E-state index is 0.633. The smallest absolute Gasteiger partial charge is 0.0656 e. The van der Waals surface area contributed by atoms with Gasteiger partial charge in [-0.3, -0.25) is 0 Å². The van der Waals surface area contributed by atoms with E-state index >= 15 is 0 Å². The highest BCUT2D eigenvalue weighted by Crippen LogP contribution is 2.30. The fourth-order valence-electron chi connectivity index (χ4n) is 1.63. The zero-order valence-electron chi connectivity index (χ0n) is 8.31. The van der Waals surface area contributed by atoms with E-state index in [1.165, 1.54) is 24.8 Å². The molecule has 1 saturated carbocycles. The van der Waals surface area contributed by atoms with Gasteiger partial charge in [-0.1, -0.05) is 11.6 Å². The lowest BCUT2D eigenvalue weighted by Gasteiger charge is -2.28. The molecular formula is C11H15ClN2. The number of benzene rings is 1. The Labute approximate surface area is 89.4 Å². The number of anilines is 2. The van der Waals surface area contributed by atoms with Crippen molar-refractivity contribution in [2.45, 2.75) is 32.2 Å². The van der Waals surface area contributed by atoms with Crippen LogP contribution in [0.2, 0.25) is 5.02 Å². The van der Waals surface area contributed by atoms with Crippen LogP contribution < -0.4 is 11.1 Å². The van der Waals surface area contributed by atoms with Crippen LogP contribution >= 0.6 is 11.6 Å². The van der Waals surface area contributed by atoms with E-state index in [-0.39, 0.29) is 0 Å². The molecule has 0 spiro atoms. The molecule has 0 atom stereocenters. The summed E-state index contributed by atoms with van der Waals surface area (Å²) in [5.74, 6) is 0. The van der Waals surface area contributed by atoms with Crippen molar-refractivity contribution in [1.82, 2.24) is 0 Å². The van der Waals surface area contributed by atoms with Gasteiger partial charge in [0.1, 0.15) is 0 Å². The molecule has 1 aromatic rings. The van der Waals surface area contributed by atoms with Crippen LogP contribution in [-0.4, -0.2) is 6.04 Å². The fraction of sp³-hybridized carbons (Fsp3) is 0.455. The van der Waals surface area contributed by atoms with Crippen LogP contribution in [0.3, 0.4) is 0 Å². The average molecular weight is 211 g/mol. The predicted octanol–water partition coefficient (Wildman–Crippen LogP) is 3.20. The third-order valence-electron chi connectivity index (χ3n) is 2.81. The van der Waals surface area contributed by atoms with Crippen molar-refractivity contribution in [1.29, 1.82) is 0 Å². The predicted molar refractivity (Wildman–Crippen MR) is 61.9 cm³/mol. The number of nitrogens with two attached hydrogens (primary N) is 1. The molecule has 0 radical (unpaired) electrons. The van der Waals surface area contributed by atoms with Crippen molar-refractivity contribution in [3.63, 3.8) is 0 Å². The number of halogens is 1. The van der Waals surface area contributed by atoms with Gasteiger partial charge in [0.15, 0.2) is 0 Å². The second-order valence-electron chi connectivity index (χ2n) is 3.96. The Bertz CT molecular complexity index is 345. The molecule has 0 saturated heterocycles. The third kappa shape index (κ3) is 1.80. The highest BCUT2D eigenvalue weighted by molar-refractivity contribution is 6.33. The quantitative estimate of drug-likeness (QED) is 0.736. The summed E-state index contributed by atoms with van der Waals surface area (Å²) >= 11 is 5.97. The lowest BCUT2D eigenvalue weighted by molar-refractivity contribution is 0.445. The first-order valence-corrected chi connectivity index (χ1v) is 5.37. The van der Waals surface area contributed by atoms with E-state index in [0.717, 1.165) is 5.69 Å². The second kappa shape index (κ2) is 3.70. The zero-order valence-corrected chi connectivity index (χ0v) is 9.06. The zero-order chi connectivity index (χ0) is 10.1.